The molecule has 0 unspecified atom stereocenters. The molecule has 0 amide bonds. The molecule has 0 heterocycles. The Morgan fingerprint density at radius 1 is 1.30 bits per heavy atom. The van der Waals surface area contributed by atoms with Crippen molar-refractivity contribution in [1.29, 1.82) is 0 Å². The summed E-state index contributed by atoms with van der Waals surface area (Å²) < 4.78 is 34.6. The number of anilines is 1. The number of unbranched alkanes of at least 4 members (excludes halogenated alkanes) is 1. The van der Waals surface area contributed by atoms with E-state index in [-0.39, 0.29) is 17.9 Å². The first-order valence-corrected chi connectivity index (χ1v) is 9.07. The van der Waals surface area contributed by atoms with Crippen molar-refractivity contribution in [3.63, 3.8) is 0 Å². The topological polar surface area (TPSA) is 98.8 Å². The third-order valence-electron chi connectivity index (χ3n) is 2.76. The van der Waals surface area contributed by atoms with Gasteiger partial charge in [0.25, 0.3) is 0 Å². The third-order valence-corrected chi connectivity index (χ3v) is 3.37. The molecule has 0 aromatic heterocycles. The predicted octanol–water partition coefficient (Wildman–Crippen LogP) is 1.95. The number of sulfonamides is 1. The molecule has 0 aliphatic carbocycles. The lowest BCUT2D eigenvalue weighted by Gasteiger charge is -2.13. The van der Waals surface area contributed by atoms with Crippen molar-refractivity contribution in [3.8, 4) is 0 Å². The number of carbonyl (C=O) groups excluding carboxylic acids is 2. The minimum absolute atomic E-state index is 0.131. The highest BCUT2D eigenvalue weighted by Crippen LogP contribution is 2.14. The summed E-state index contributed by atoms with van der Waals surface area (Å²) in [6.07, 6.45) is 1.60. The molecular formula is C15H21NO6S. The van der Waals surface area contributed by atoms with Crippen LogP contribution in [0.2, 0.25) is 0 Å². The second-order valence-corrected chi connectivity index (χ2v) is 6.77. The highest BCUT2D eigenvalue weighted by Gasteiger charge is 2.20. The zero-order chi connectivity index (χ0) is 17.5. The quantitative estimate of drug-likeness (QED) is 0.572. The fraction of sp³-hybridized carbons (Fsp3) is 0.467. The second kappa shape index (κ2) is 8.52. The van der Waals surface area contributed by atoms with Crippen LogP contribution >= 0.6 is 0 Å². The number of nitrogens with one attached hydrogen (secondary N) is 1. The summed E-state index contributed by atoms with van der Waals surface area (Å²) in [6.45, 7) is 3.67. The van der Waals surface area contributed by atoms with Crippen LogP contribution < -0.4 is 4.72 Å². The molecule has 0 radical (unpaired) electrons. The molecule has 7 nitrogen and oxygen atoms in total. The van der Waals surface area contributed by atoms with E-state index in [1.165, 1.54) is 31.2 Å². The number of rotatable bonds is 8. The monoisotopic (exact) mass is 343 g/mol. The number of carbonyl (C=O) groups is 2. The maximum Gasteiger partial charge on any atom is 0.347 e. The van der Waals surface area contributed by atoms with E-state index < -0.39 is 28.1 Å². The van der Waals surface area contributed by atoms with Gasteiger partial charge in [-0.3, -0.25) is 4.72 Å². The number of esters is 2. The summed E-state index contributed by atoms with van der Waals surface area (Å²) in [4.78, 5) is 23.6. The van der Waals surface area contributed by atoms with Crippen LogP contribution in [0.1, 0.15) is 37.0 Å². The standard InChI is InChI=1S/C15H21NO6S/c1-4-5-9-21-14(17)11(2)22-15(18)12-7-6-8-13(10-12)16-23(3,19)20/h6-8,10-11,16H,4-5,9H2,1-3H3/t11-/m1/s1. The number of benzene rings is 1. The SMILES string of the molecule is CCCCOC(=O)[C@@H](C)OC(=O)c1cccc(NS(C)(=O)=O)c1. The number of ether oxygens (including phenoxy) is 2. The largest absolute Gasteiger partial charge is 0.463 e. The molecule has 0 bridgehead atoms. The molecule has 128 valence electrons. The van der Waals surface area contributed by atoms with Crippen LogP contribution in [0, 0.1) is 0 Å². The predicted molar refractivity (Wildman–Crippen MR) is 85.7 cm³/mol. The van der Waals surface area contributed by atoms with Gasteiger partial charge in [-0.2, -0.15) is 0 Å². The zero-order valence-electron chi connectivity index (χ0n) is 13.4. The molecule has 0 saturated heterocycles. The van der Waals surface area contributed by atoms with E-state index in [0.717, 1.165) is 19.1 Å². The maximum absolute atomic E-state index is 12.0. The van der Waals surface area contributed by atoms with E-state index in [4.69, 9.17) is 9.47 Å². The molecule has 1 atom stereocenters. The van der Waals surface area contributed by atoms with Gasteiger partial charge in [0.05, 0.1) is 18.4 Å². The van der Waals surface area contributed by atoms with Gasteiger partial charge in [0.1, 0.15) is 0 Å². The average Bonchev–Trinajstić information content (AvgIpc) is 2.45. The van der Waals surface area contributed by atoms with Crippen LogP contribution in [-0.4, -0.2) is 39.3 Å². The van der Waals surface area contributed by atoms with E-state index in [1.54, 1.807) is 0 Å². The Morgan fingerprint density at radius 2 is 2.00 bits per heavy atom. The molecule has 1 N–H and O–H groups in total. The molecule has 1 rings (SSSR count). The van der Waals surface area contributed by atoms with Gasteiger partial charge >= 0.3 is 11.9 Å². The first-order chi connectivity index (χ1) is 10.7. The summed E-state index contributed by atoms with van der Waals surface area (Å²) in [5, 5.41) is 0. The van der Waals surface area contributed by atoms with Crippen LogP contribution in [0.5, 0.6) is 0 Å². The highest BCUT2D eigenvalue weighted by atomic mass is 32.2. The van der Waals surface area contributed by atoms with Gasteiger partial charge in [0.15, 0.2) is 6.10 Å². The summed E-state index contributed by atoms with van der Waals surface area (Å²) in [5.41, 5.74) is 0.368. The normalized spacial score (nSPS) is 12.3. The first-order valence-electron chi connectivity index (χ1n) is 7.18. The molecule has 1 aromatic rings. The minimum Gasteiger partial charge on any atom is -0.463 e. The van der Waals surface area contributed by atoms with Crippen molar-refractivity contribution in [2.24, 2.45) is 0 Å². The molecule has 0 spiro atoms. The summed E-state index contributed by atoms with van der Waals surface area (Å²) in [7, 11) is -3.45. The fourth-order valence-corrected chi connectivity index (χ4v) is 2.19. The average molecular weight is 343 g/mol. The first kappa shape index (κ1) is 19.0. The summed E-state index contributed by atoms with van der Waals surface area (Å²) in [5.74, 6) is -1.35. The molecule has 1 aromatic carbocycles. The van der Waals surface area contributed by atoms with Crippen molar-refractivity contribution in [1.82, 2.24) is 0 Å². The second-order valence-electron chi connectivity index (χ2n) is 5.02. The molecular weight excluding hydrogens is 322 g/mol. The molecule has 0 aliphatic rings. The minimum atomic E-state index is -3.45. The van der Waals surface area contributed by atoms with Crippen LogP contribution in [0.25, 0.3) is 0 Å². The smallest absolute Gasteiger partial charge is 0.347 e. The van der Waals surface area contributed by atoms with E-state index in [2.05, 4.69) is 4.72 Å². The van der Waals surface area contributed by atoms with Gasteiger partial charge in [-0.05, 0) is 31.5 Å². The van der Waals surface area contributed by atoms with Crippen LogP contribution in [0.3, 0.4) is 0 Å². The van der Waals surface area contributed by atoms with Gasteiger partial charge in [0, 0.05) is 5.69 Å². The Hall–Kier alpha value is -2.09. The molecule has 0 fully saturated rings. The van der Waals surface area contributed by atoms with Crippen LogP contribution in [0.4, 0.5) is 5.69 Å². The van der Waals surface area contributed by atoms with Crippen LogP contribution in [-0.2, 0) is 24.3 Å². The van der Waals surface area contributed by atoms with E-state index in [0.29, 0.717) is 0 Å². The number of hydrogen-bond donors (Lipinski definition) is 1. The third kappa shape index (κ3) is 7.14. The Labute approximate surface area is 136 Å². The van der Waals surface area contributed by atoms with Gasteiger partial charge < -0.3 is 9.47 Å². The van der Waals surface area contributed by atoms with Gasteiger partial charge in [-0.25, -0.2) is 18.0 Å². The van der Waals surface area contributed by atoms with Crippen molar-refractivity contribution in [2.45, 2.75) is 32.8 Å². The Kier molecular flexibility index (Phi) is 7.02. The highest BCUT2D eigenvalue weighted by molar-refractivity contribution is 7.92. The van der Waals surface area contributed by atoms with Crippen molar-refractivity contribution < 1.29 is 27.5 Å². The van der Waals surface area contributed by atoms with Crippen molar-refractivity contribution in [2.75, 3.05) is 17.6 Å². The lowest BCUT2D eigenvalue weighted by atomic mass is 10.2. The Balaban J connectivity index is 2.67. The summed E-state index contributed by atoms with van der Waals surface area (Å²) >= 11 is 0. The Morgan fingerprint density at radius 3 is 2.61 bits per heavy atom. The van der Waals surface area contributed by atoms with E-state index >= 15 is 0 Å². The molecule has 0 aliphatic heterocycles. The molecule has 0 saturated carbocycles. The van der Waals surface area contributed by atoms with Crippen molar-refractivity contribution >= 4 is 27.6 Å². The van der Waals surface area contributed by atoms with Gasteiger partial charge in [-0.1, -0.05) is 19.4 Å². The lowest BCUT2D eigenvalue weighted by molar-refractivity contribution is -0.153. The maximum atomic E-state index is 12.0. The molecule has 8 heteroatoms. The zero-order valence-corrected chi connectivity index (χ0v) is 14.2. The van der Waals surface area contributed by atoms with Crippen molar-refractivity contribution in [3.05, 3.63) is 29.8 Å². The molecule has 23 heavy (non-hydrogen) atoms. The van der Waals surface area contributed by atoms with E-state index in [1.807, 2.05) is 6.92 Å². The Bertz CT molecular complexity index is 656. The lowest BCUT2D eigenvalue weighted by Crippen LogP contribution is -2.26. The van der Waals surface area contributed by atoms with Gasteiger partial charge in [0.2, 0.25) is 10.0 Å². The summed E-state index contributed by atoms with van der Waals surface area (Å²) in [6, 6.07) is 5.80. The van der Waals surface area contributed by atoms with Gasteiger partial charge in [-0.15, -0.1) is 0 Å². The van der Waals surface area contributed by atoms with Crippen LogP contribution in [0.15, 0.2) is 24.3 Å². The fourth-order valence-electron chi connectivity index (χ4n) is 1.63. The van der Waals surface area contributed by atoms with E-state index in [9.17, 15) is 18.0 Å². The number of hydrogen-bond acceptors (Lipinski definition) is 6.